The minimum absolute atomic E-state index is 0.0158. The monoisotopic (exact) mass is 312 g/mol. The lowest BCUT2D eigenvalue weighted by Crippen LogP contribution is -2.48. The minimum Gasteiger partial charge on any atom is -0.359 e. The van der Waals surface area contributed by atoms with Gasteiger partial charge in [0, 0.05) is 25.0 Å². The molecule has 7 heteroatoms. The van der Waals surface area contributed by atoms with Gasteiger partial charge in [-0.25, -0.2) is 0 Å². The number of nitrogens with one attached hydrogen (secondary N) is 1. The second-order valence-electron chi connectivity index (χ2n) is 5.21. The molecular formula is C13H17ClN4OS. The minimum atomic E-state index is -0.0158. The quantitative estimate of drug-likeness (QED) is 0.930. The Labute approximate surface area is 127 Å². The van der Waals surface area contributed by atoms with Gasteiger partial charge in [0.2, 0.25) is 5.91 Å². The van der Waals surface area contributed by atoms with E-state index < -0.39 is 0 Å². The Kier molecular flexibility index (Phi) is 4.84. The summed E-state index contributed by atoms with van der Waals surface area (Å²) < 4.78 is 4.03. The molecule has 1 unspecified atom stereocenters. The maximum atomic E-state index is 11.8. The van der Waals surface area contributed by atoms with Crippen molar-refractivity contribution in [3.8, 4) is 6.07 Å². The Hall–Kier alpha value is -1.32. The summed E-state index contributed by atoms with van der Waals surface area (Å²) in [7, 11) is 0. The number of amides is 1. The third-order valence-corrected chi connectivity index (χ3v) is 4.61. The molecule has 1 aliphatic heterocycles. The number of nitrogens with zero attached hydrogens (tertiary/aromatic N) is 3. The molecule has 20 heavy (non-hydrogen) atoms. The Bertz CT molecular complexity index is 537. The molecule has 1 atom stereocenters. The van der Waals surface area contributed by atoms with Gasteiger partial charge in [0.15, 0.2) is 5.15 Å². The van der Waals surface area contributed by atoms with Gasteiger partial charge in [0.1, 0.15) is 16.6 Å². The maximum Gasteiger partial charge on any atom is 0.222 e. The van der Waals surface area contributed by atoms with Crippen LogP contribution in [0, 0.1) is 17.2 Å². The highest BCUT2D eigenvalue weighted by Gasteiger charge is 2.26. The summed E-state index contributed by atoms with van der Waals surface area (Å²) in [5.74, 6) is 0.0533. The third kappa shape index (κ3) is 3.22. The van der Waals surface area contributed by atoms with Crippen LogP contribution in [0.5, 0.6) is 0 Å². The van der Waals surface area contributed by atoms with E-state index in [9.17, 15) is 4.79 Å². The van der Waals surface area contributed by atoms with Gasteiger partial charge in [-0.2, -0.15) is 9.64 Å². The fourth-order valence-corrected chi connectivity index (χ4v) is 3.28. The second kappa shape index (κ2) is 6.42. The van der Waals surface area contributed by atoms with Crippen LogP contribution in [0.3, 0.4) is 0 Å². The van der Waals surface area contributed by atoms with Crippen LogP contribution < -0.4 is 10.2 Å². The normalized spacial score (nSPS) is 18.9. The van der Waals surface area contributed by atoms with Gasteiger partial charge in [-0.1, -0.05) is 25.4 Å². The number of aromatic nitrogens is 1. The van der Waals surface area contributed by atoms with Crippen molar-refractivity contribution in [2.45, 2.75) is 32.7 Å². The summed E-state index contributed by atoms with van der Waals surface area (Å²) in [6.45, 7) is 5.33. The van der Waals surface area contributed by atoms with Crippen molar-refractivity contribution in [3.63, 3.8) is 0 Å². The van der Waals surface area contributed by atoms with Crippen molar-refractivity contribution < 1.29 is 4.79 Å². The first-order valence-electron chi connectivity index (χ1n) is 6.63. The van der Waals surface area contributed by atoms with Gasteiger partial charge in [-0.15, -0.1) is 0 Å². The number of halogens is 1. The first-order valence-corrected chi connectivity index (χ1v) is 7.78. The van der Waals surface area contributed by atoms with Gasteiger partial charge in [0.25, 0.3) is 0 Å². The Morgan fingerprint density at radius 3 is 3.05 bits per heavy atom. The average molecular weight is 313 g/mol. The van der Waals surface area contributed by atoms with Gasteiger partial charge in [-0.3, -0.25) is 4.79 Å². The molecule has 108 valence electrons. The zero-order chi connectivity index (χ0) is 14.7. The molecule has 1 saturated heterocycles. The lowest BCUT2D eigenvalue weighted by atomic mass is 10.0. The molecule has 5 nitrogen and oxygen atoms in total. The molecule has 0 aromatic carbocycles. The van der Waals surface area contributed by atoms with Crippen LogP contribution in [0.4, 0.5) is 5.00 Å². The summed E-state index contributed by atoms with van der Waals surface area (Å²) in [5, 5.41) is 13.3. The van der Waals surface area contributed by atoms with Crippen LogP contribution in [0.1, 0.15) is 32.3 Å². The van der Waals surface area contributed by atoms with Crippen LogP contribution >= 0.6 is 23.1 Å². The van der Waals surface area contributed by atoms with E-state index in [-0.39, 0.29) is 23.0 Å². The number of rotatable bonds is 3. The Morgan fingerprint density at radius 2 is 2.40 bits per heavy atom. The highest BCUT2D eigenvalue weighted by molar-refractivity contribution is 7.10. The van der Waals surface area contributed by atoms with Crippen molar-refractivity contribution in [2.75, 3.05) is 18.0 Å². The molecule has 0 spiro atoms. The number of carbonyl (C=O) groups excluding carboxylic acids is 1. The van der Waals surface area contributed by atoms with Crippen LogP contribution in [-0.4, -0.2) is 29.4 Å². The largest absolute Gasteiger partial charge is 0.359 e. The van der Waals surface area contributed by atoms with E-state index in [4.69, 9.17) is 16.9 Å². The predicted octanol–water partition coefficient (Wildman–Crippen LogP) is 2.41. The molecule has 1 amide bonds. The summed E-state index contributed by atoms with van der Waals surface area (Å²) in [4.78, 5) is 13.9. The van der Waals surface area contributed by atoms with Gasteiger partial charge in [-0.05, 0) is 24.4 Å². The topological polar surface area (TPSA) is 69.0 Å². The van der Waals surface area contributed by atoms with E-state index in [0.29, 0.717) is 12.1 Å². The molecule has 1 N–H and O–H groups in total. The van der Waals surface area contributed by atoms with Crippen molar-refractivity contribution in [1.82, 2.24) is 9.69 Å². The van der Waals surface area contributed by atoms with E-state index in [1.165, 1.54) is 11.5 Å². The molecule has 1 aromatic rings. The summed E-state index contributed by atoms with van der Waals surface area (Å²) >= 11 is 7.15. The second-order valence-corrected chi connectivity index (χ2v) is 6.32. The molecule has 2 heterocycles. The standard InChI is InChI=1S/C13H17ClN4OS/c1-8(2)12(19)16-9-4-3-5-18(7-9)13-10(6-15)11(14)17-20-13/h8-9H,3-5,7H2,1-2H3,(H,16,19). The fraction of sp³-hybridized carbons (Fsp3) is 0.615. The third-order valence-electron chi connectivity index (χ3n) is 3.32. The molecule has 0 aliphatic carbocycles. The van der Waals surface area contributed by atoms with Gasteiger partial charge in [0.05, 0.1) is 0 Å². The zero-order valence-corrected chi connectivity index (χ0v) is 13.1. The van der Waals surface area contributed by atoms with E-state index in [1.54, 1.807) is 0 Å². The molecule has 1 fully saturated rings. The smallest absolute Gasteiger partial charge is 0.222 e. The molecule has 0 radical (unpaired) electrons. The van der Waals surface area contributed by atoms with E-state index in [2.05, 4.69) is 20.7 Å². The number of hydrogen-bond donors (Lipinski definition) is 1. The lowest BCUT2D eigenvalue weighted by molar-refractivity contribution is -0.124. The van der Waals surface area contributed by atoms with Crippen LogP contribution in [-0.2, 0) is 4.79 Å². The first-order chi connectivity index (χ1) is 9.52. The molecule has 1 aromatic heterocycles. The highest BCUT2D eigenvalue weighted by Crippen LogP contribution is 2.32. The van der Waals surface area contributed by atoms with E-state index in [1.807, 2.05) is 13.8 Å². The van der Waals surface area contributed by atoms with Gasteiger partial charge >= 0.3 is 0 Å². The Balaban J connectivity index is 2.07. The van der Waals surface area contributed by atoms with Crippen molar-refractivity contribution in [2.24, 2.45) is 5.92 Å². The highest BCUT2D eigenvalue weighted by atomic mass is 35.5. The number of anilines is 1. The lowest BCUT2D eigenvalue weighted by Gasteiger charge is -2.34. The summed E-state index contributed by atoms with van der Waals surface area (Å²) in [6.07, 6.45) is 1.94. The SMILES string of the molecule is CC(C)C(=O)NC1CCCN(c2snc(Cl)c2C#N)C1. The van der Waals surface area contributed by atoms with Crippen molar-refractivity contribution >= 4 is 34.0 Å². The molecular weight excluding hydrogens is 296 g/mol. The van der Waals surface area contributed by atoms with Crippen molar-refractivity contribution in [1.29, 1.82) is 5.26 Å². The zero-order valence-electron chi connectivity index (χ0n) is 11.5. The van der Waals surface area contributed by atoms with E-state index >= 15 is 0 Å². The van der Waals surface area contributed by atoms with Crippen LogP contribution in [0.15, 0.2) is 0 Å². The predicted molar refractivity (Wildman–Crippen MR) is 80.1 cm³/mol. The number of nitriles is 1. The molecule has 0 bridgehead atoms. The van der Waals surface area contributed by atoms with Crippen LogP contribution in [0.25, 0.3) is 0 Å². The number of hydrogen-bond acceptors (Lipinski definition) is 5. The fourth-order valence-electron chi connectivity index (χ4n) is 2.22. The summed E-state index contributed by atoms with van der Waals surface area (Å²) in [5.41, 5.74) is 0.438. The van der Waals surface area contributed by atoms with Crippen LogP contribution in [0.2, 0.25) is 5.15 Å². The van der Waals surface area contributed by atoms with Gasteiger partial charge < -0.3 is 10.2 Å². The average Bonchev–Trinajstić information content (AvgIpc) is 2.80. The first kappa shape index (κ1) is 15.1. The number of carbonyl (C=O) groups is 1. The molecule has 1 aliphatic rings. The summed E-state index contributed by atoms with van der Waals surface area (Å²) in [6, 6.07) is 2.22. The number of piperidine rings is 1. The molecule has 2 rings (SSSR count). The van der Waals surface area contributed by atoms with E-state index in [0.717, 1.165) is 24.4 Å². The molecule has 0 saturated carbocycles. The van der Waals surface area contributed by atoms with Crippen molar-refractivity contribution in [3.05, 3.63) is 10.7 Å². The maximum absolute atomic E-state index is 11.8. The Morgan fingerprint density at radius 1 is 1.65 bits per heavy atom.